The molecule has 154 valence electrons. The van der Waals surface area contributed by atoms with Gasteiger partial charge in [-0.05, 0) is 30.5 Å². The standard InChI is InChI=1S/C18H23Cl2N3O4S/c19-16-4-3-15(17(20)10-16)12-28(26,27)23-5-1-2-14(11-23)18(25)22-8-6-21(13-24)7-9-22/h3-4,10,13-14H,1-2,5-9,11-12H2/t14-/m1/s1. The summed E-state index contributed by atoms with van der Waals surface area (Å²) in [5.41, 5.74) is 0.490. The molecule has 0 N–H and O–H groups in total. The van der Waals surface area contributed by atoms with Crippen molar-refractivity contribution in [2.75, 3.05) is 39.3 Å². The molecule has 0 aliphatic carbocycles. The van der Waals surface area contributed by atoms with Gasteiger partial charge in [0.05, 0.1) is 11.7 Å². The van der Waals surface area contributed by atoms with Crippen molar-refractivity contribution in [2.24, 2.45) is 5.92 Å². The molecule has 1 aromatic carbocycles. The van der Waals surface area contributed by atoms with Gasteiger partial charge in [-0.3, -0.25) is 9.59 Å². The van der Waals surface area contributed by atoms with Crippen LogP contribution in [0.5, 0.6) is 0 Å². The Kier molecular flexibility index (Phi) is 6.85. The number of nitrogens with zero attached hydrogens (tertiary/aromatic N) is 3. The number of rotatable bonds is 5. The molecule has 3 rings (SSSR count). The molecule has 10 heteroatoms. The summed E-state index contributed by atoms with van der Waals surface area (Å²) in [5, 5.41) is 0.762. The van der Waals surface area contributed by atoms with Crippen molar-refractivity contribution >= 4 is 45.5 Å². The van der Waals surface area contributed by atoms with Gasteiger partial charge in [0.15, 0.2) is 0 Å². The molecule has 2 heterocycles. The molecule has 0 bridgehead atoms. The van der Waals surface area contributed by atoms with Crippen molar-refractivity contribution < 1.29 is 18.0 Å². The van der Waals surface area contributed by atoms with Gasteiger partial charge in [0.1, 0.15) is 0 Å². The van der Waals surface area contributed by atoms with Gasteiger partial charge < -0.3 is 9.80 Å². The molecule has 2 amide bonds. The SMILES string of the molecule is O=CN1CCN(C(=O)[C@@H]2CCCN(S(=O)(=O)Cc3ccc(Cl)cc3Cl)C2)CC1. The Balaban J connectivity index is 1.65. The van der Waals surface area contributed by atoms with E-state index < -0.39 is 10.0 Å². The molecule has 0 unspecified atom stereocenters. The first-order valence-electron chi connectivity index (χ1n) is 9.20. The molecule has 2 aliphatic rings. The fraction of sp³-hybridized carbons (Fsp3) is 0.556. The zero-order valence-corrected chi connectivity index (χ0v) is 17.7. The first-order valence-corrected chi connectivity index (χ1v) is 11.6. The summed E-state index contributed by atoms with van der Waals surface area (Å²) in [4.78, 5) is 27.0. The van der Waals surface area contributed by atoms with E-state index in [2.05, 4.69) is 0 Å². The molecule has 0 saturated carbocycles. The van der Waals surface area contributed by atoms with Gasteiger partial charge in [0.25, 0.3) is 0 Å². The maximum Gasteiger partial charge on any atom is 0.227 e. The second-order valence-corrected chi connectivity index (χ2v) is 9.97. The lowest BCUT2D eigenvalue weighted by Gasteiger charge is -2.37. The van der Waals surface area contributed by atoms with E-state index in [0.717, 1.165) is 6.41 Å². The number of carbonyl (C=O) groups excluding carboxylic acids is 2. The fourth-order valence-electron chi connectivity index (χ4n) is 3.63. The molecule has 0 aromatic heterocycles. The maximum absolute atomic E-state index is 12.9. The lowest BCUT2D eigenvalue weighted by atomic mass is 9.98. The van der Waals surface area contributed by atoms with Crippen molar-refractivity contribution in [3.05, 3.63) is 33.8 Å². The largest absolute Gasteiger partial charge is 0.342 e. The predicted octanol–water partition coefficient (Wildman–Crippen LogP) is 1.84. The van der Waals surface area contributed by atoms with E-state index in [-0.39, 0.29) is 24.1 Å². The topological polar surface area (TPSA) is 78.0 Å². The molecule has 1 aromatic rings. The molecule has 2 saturated heterocycles. The molecular formula is C18H23Cl2N3O4S. The summed E-state index contributed by atoms with van der Waals surface area (Å²) < 4.78 is 27.2. The van der Waals surface area contributed by atoms with E-state index in [4.69, 9.17) is 23.2 Å². The quantitative estimate of drug-likeness (QED) is 0.645. The highest BCUT2D eigenvalue weighted by molar-refractivity contribution is 7.88. The minimum Gasteiger partial charge on any atom is -0.342 e. The van der Waals surface area contributed by atoms with Crippen LogP contribution >= 0.6 is 23.2 Å². The van der Waals surface area contributed by atoms with E-state index in [1.807, 2.05) is 0 Å². The number of benzene rings is 1. The van der Waals surface area contributed by atoms with Crippen molar-refractivity contribution in [3.63, 3.8) is 0 Å². The zero-order valence-electron chi connectivity index (χ0n) is 15.4. The third-order valence-corrected chi connectivity index (χ3v) is 7.64. The smallest absolute Gasteiger partial charge is 0.227 e. The number of carbonyl (C=O) groups is 2. The van der Waals surface area contributed by atoms with Gasteiger partial charge in [0.2, 0.25) is 22.3 Å². The van der Waals surface area contributed by atoms with E-state index in [1.165, 1.54) is 10.4 Å². The van der Waals surface area contributed by atoms with Crippen LogP contribution in [0.3, 0.4) is 0 Å². The average molecular weight is 448 g/mol. The van der Waals surface area contributed by atoms with Crippen molar-refractivity contribution in [1.82, 2.24) is 14.1 Å². The third-order valence-electron chi connectivity index (χ3n) is 5.25. The summed E-state index contributed by atoms with van der Waals surface area (Å²) in [6, 6.07) is 4.75. The number of piperazine rings is 1. The Labute approximate surface area is 175 Å². The van der Waals surface area contributed by atoms with Gasteiger partial charge in [-0.25, -0.2) is 12.7 Å². The molecule has 2 aliphatic heterocycles. The average Bonchev–Trinajstić information content (AvgIpc) is 2.70. The Morgan fingerprint density at radius 3 is 2.50 bits per heavy atom. The van der Waals surface area contributed by atoms with Crippen LogP contribution in [-0.2, 0) is 25.4 Å². The van der Waals surface area contributed by atoms with Crippen LogP contribution in [0.25, 0.3) is 0 Å². The van der Waals surface area contributed by atoms with E-state index >= 15 is 0 Å². The van der Waals surface area contributed by atoms with Crippen molar-refractivity contribution in [2.45, 2.75) is 18.6 Å². The lowest BCUT2D eigenvalue weighted by molar-refractivity contribution is -0.140. The first kappa shape index (κ1) is 21.4. The summed E-state index contributed by atoms with van der Waals surface area (Å²) in [7, 11) is -3.60. The summed E-state index contributed by atoms with van der Waals surface area (Å²) in [6.45, 7) is 2.58. The molecule has 1 atom stereocenters. The fourth-order valence-corrected chi connectivity index (χ4v) is 5.83. The van der Waals surface area contributed by atoms with Crippen molar-refractivity contribution in [3.8, 4) is 0 Å². The molecule has 0 radical (unpaired) electrons. The Hall–Kier alpha value is -1.35. The highest BCUT2D eigenvalue weighted by atomic mass is 35.5. The summed E-state index contributed by atoms with van der Waals surface area (Å²) in [6.07, 6.45) is 2.09. The minimum atomic E-state index is -3.60. The van der Waals surface area contributed by atoms with Crippen LogP contribution in [0.2, 0.25) is 10.0 Å². The van der Waals surface area contributed by atoms with Crippen LogP contribution in [0.4, 0.5) is 0 Å². The predicted molar refractivity (Wildman–Crippen MR) is 108 cm³/mol. The highest BCUT2D eigenvalue weighted by Crippen LogP contribution is 2.27. The Bertz CT molecular complexity index is 841. The molecule has 28 heavy (non-hydrogen) atoms. The summed E-state index contributed by atoms with van der Waals surface area (Å²) in [5.74, 6) is -0.607. The third kappa shape index (κ3) is 4.97. The van der Waals surface area contributed by atoms with Gasteiger partial charge in [-0.15, -0.1) is 0 Å². The van der Waals surface area contributed by atoms with Gasteiger partial charge in [-0.2, -0.15) is 0 Å². The van der Waals surface area contributed by atoms with E-state index in [1.54, 1.807) is 21.9 Å². The second-order valence-electron chi connectivity index (χ2n) is 7.16. The van der Waals surface area contributed by atoms with Gasteiger partial charge >= 0.3 is 0 Å². The number of halogens is 2. The van der Waals surface area contributed by atoms with Gasteiger partial charge in [-0.1, -0.05) is 29.3 Å². The minimum absolute atomic E-state index is 0.0324. The maximum atomic E-state index is 12.9. The molecule has 2 fully saturated rings. The van der Waals surface area contributed by atoms with Gasteiger partial charge in [0, 0.05) is 49.3 Å². The molecule has 7 nitrogen and oxygen atoms in total. The normalized spacial score (nSPS) is 21.6. The number of sulfonamides is 1. The number of hydrogen-bond donors (Lipinski definition) is 0. The molecule has 0 spiro atoms. The number of hydrogen-bond acceptors (Lipinski definition) is 4. The highest BCUT2D eigenvalue weighted by Gasteiger charge is 2.35. The van der Waals surface area contributed by atoms with E-state index in [9.17, 15) is 18.0 Å². The van der Waals surface area contributed by atoms with Crippen LogP contribution in [-0.4, -0.2) is 74.1 Å². The van der Waals surface area contributed by atoms with Crippen LogP contribution in [0.1, 0.15) is 18.4 Å². The van der Waals surface area contributed by atoms with Crippen LogP contribution < -0.4 is 0 Å². The second kappa shape index (κ2) is 8.98. The number of piperidine rings is 1. The first-order chi connectivity index (χ1) is 13.3. The Morgan fingerprint density at radius 2 is 1.86 bits per heavy atom. The lowest BCUT2D eigenvalue weighted by Crippen LogP contribution is -2.52. The number of amides is 2. The summed E-state index contributed by atoms with van der Waals surface area (Å²) >= 11 is 12.0. The monoisotopic (exact) mass is 447 g/mol. The van der Waals surface area contributed by atoms with Crippen LogP contribution in [0, 0.1) is 5.92 Å². The van der Waals surface area contributed by atoms with E-state index in [0.29, 0.717) is 61.2 Å². The van der Waals surface area contributed by atoms with Crippen molar-refractivity contribution in [1.29, 1.82) is 0 Å². The molecular weight excluding hydrogens is 425 g/mol. The Morgan fingerprint density at radius 1 is 1.14 bits per heavy atom. The zero-order chi connectivity index (χ0) is 20.3. The van der Waals surface area contributed by atoms with Crippen LogP contribution in [0.15, 0.2) is 18.2 Å².